The van der Waals surface area contributed by atoms with Crippen LogP contribution in [0.4, 0.5) is 4.79 Å². The van der Waals surface area contributed by atoms with Gasteiger partial charge in [-0.2, -0.15) is 0 Å². The molecule has 0 heterocycles. The first-order chi connectivity index (χ1) is 5.15. The largest absolute Gasteiger partial charge is 0.445 e. The van der Waals surface area contributed by atoms with E-state index in [0.29, 0.717) is 5.92 Å². The molecule has 0 N–H and O–H groups in total. The van der Waals surface area contributed by atoms with Gasteiger partial charge in [-0.3, -0.25) is 0 Å². The standard InChI is InChI=1S/C8H13NO2/c1-4-6-5-7(6)11-8(10)9(2)3/h4,6-7H,1,5H2,2-3H3/t6-,7+/m1/s1. The highest BCUT2D eigenvalue weighted by Crippen LogP contribution is 2.34. The van der Waals surface area contributed by atoms with Crippen molar-refractivity contribution in [3.05, 3.63) is 12.7 Å². The molecule has 0 bridgehead atoms. The van der Waals surface area contributed by atoms with Gasteiger partial charge >= 0.3 is 6.09 Å². The minimum atomic E-state index is -0.264. The molecule has 3 heteroatoms. The zero-order valence-electron chi connectivity index (χ0n) is 6.91. The SMILES string of the molecule is C=C[C@@H]1C[C@@H]1OC(=O)N(C)C. The highest BCUT2D eigenvalue weighted by atomic mass is 16.6. The van der Waals surface area contributed by atoms with Crippen LogP contribution in [0.5, 0.6) is 0 Å². The van der Waals surface area contributed by atoms with Crippen molar-refractivity contribution in [2.75, 3.05) is 14.1 Å². The van der Waals surface area contributed by atoms with E-state index in [-0.39, 0.29) is 12.2 Å². The summed E-state index contributed by atoms with van der Waals surface area (Å²) in [5.41, 5.74) is 0. The summed E-state index contributed by atoms with van der Waals surface area (Å²) in [5, 5.41) is 0. The maximum Gasteiger partial charge on any atom is 0.409 e. The predicted molar refractivity (Wildman–Crippen MR) is 42.3 cm³/mol. The Balaban J connectivity index is 2.23. The third kappa shape index (κ3) is 1.97. The van der Waals surface area contributed by atoms with Gasteiger partial charge in [-0.1, -0.05) is 6.08 Å². The molecule has 11 heavy (non-hydrogen) atoms. The van der Waals surface area contributed by atoms with Crippen molar-refractivity contribution >= 4 is 6.09 Å². The minimum absolute atomic E-state index is 0.0856. The van der Waals surface area contributed by atoms with Crippen LogP contribution < -0.4 is 0 Å². The molecule has 0 aliphatic heterocycles. The molecule has 1 rings (SSSR count). The zero-order valence-corrected chi connectivity index (χ0v) is 6.91. The second-order valence-electron chi connectivity index (χ2n) is 2.95. The van der Waals surface area contributed by atoms with Crippen LogP contribution in [0.25, 0.3) is 0 Å². The van der Waals surface area contributed by atoms with E-state index < -0.39 is 0 Å². The highest BCUT2D eigenvalue weighted by Gasteiger charge is 2.38. The molecule has 0 spiro atoms. The second kappa shape index (κ2) is 2.95. The van der Waals surface area contributed by atoms with Crippen molar-refractivity contribution in [1.82, 2.24) is 4.90 Å². The number of carbonyl (C=O) groups is 1. The fourth-order valence-corrected chi connectivity index (χ4v) is 0.808. The molecule has 1 aliphatic carbocycles. The summed E-state index contributed by atoms with van der Waals surface area (Å²) in [6.07, 6.45) is 2.58. The number of carbonyl (C=O) groups excluding carboxylic acids is 1. The Hall–Kier alpha value is -0.990. The molecule has 3 nitrogen and oxygen atoms in total. The first-order valence-electron chi connectivity index (χ1n) is 3.65. The van der Waals surface area contributed by atoms with Crippen LogP contribution in [-0.4, -0.2) is 31.2 Å². The molecule has 1 fully saturated rings. The van der Waals surface area contributed by atoms with Gasteiger partial charge in [0.2, 0.25) is 0 Å². The molecule has 1 aliphatic rings. The minimum Gasteiger partial charge on any atom is -0.445 e. The molecule has 1 amide bonds. The molecule has 62 valence electrons. The summed E-state index contributed by atoms with van der Waals surface area (Å²) in [6.45, 7) is 3.62. The summed E-state index contributed by atoms with van der Waals surface area (Å²) in [4.78, 5) is 12.4. The van der Waals surface area contributed by atoms with Gasteiger partial charge < -0.3 is 9.64 Å². The second-order valence-corrected chi connectivity index (χ2v) is 2.95. The fraction of sp³-hybridized carbons (Fsp3) is 0.625. The molecule has 0 aromatic heterocycles. The van der Waals surface area contributed by atoms with Crippen LogP contribution in [0.3, 0.4) is 0 Å². The van der Waals surface area contributed by atoms with Crippen molar-refractivity contribution in [3.8, 4) is 0 Å². The first-order valence-corrected chi connectivity index (χ1v) is 3.65. The van der Waals surface area contributed by atoms with Crippen LogP contribution in [0, 0.1) is 5.92 Å². The summed E-state index contributed by atoms with van der Waals surface area (Å²) in [5.74, 6) is 0.388. The molecular weight excluding hydrogens is 142 g/mol. The molecular formula is C8H13NO2. The van der Waals surface area contributed by atoms with E-state index in [4.69, 9.17) is 4.74 Å². The van der Waals surface area contributed by atoms with Crippen LogP contribution in [0.15, 0.2) is 12.7 Å². The van der Waals surface area contributed by atoms with Crippen molar-refractivity contribution in [3.63, 3.8) is 0 Å². The Bertz CT molecular complexity index is 177. The lowest BCUT2D eigenvalue weighted by Crippen LogP contribution is -2.23. The van der Waals surface area contributed by atoms with Gasteiger partial charge in [0.25, 0.3) is 0 Å². The predicted octanol–water partition coefficient (Wildman–Crippen LogP) is 1.26. The quantitative estimate of drug-likeness (QED) is 0.562. The van der Waals surface area contributed by atoms with E-state index in [1.54, 1.807) is 14.1 Å². The molecule has 2 atom stereocenters. The Kier molecular flexibility index (Phi) is 2.17. The lowest BCUT2D eigenvalue weighted by Gasteiger charge is -2.09. The van der Waals surface area contributed by atoms with Gasteiger partial charge in [-0.25, -0.2) is 4.79 Å². The lowest BCUT2D eigenvalue weighted by molar-refractivity contribution is 0.108. The molecule has 1 saturated carbocycles. The highest BCUT2D eigenvalue weighted by molar-refractivity contribution is 5.67. The Morgan fingerprint density at radius 1 is 1.73 bits per heavy atom. The van der Waals surface area contributed by atoms with Gasteiger partial charge in [0, 0.05) is 20.0 Å². The van der Waals surface area contributed by atoms with E-state index in [2.05, 4.69) is 6.58 Å². The third-order valence-corrected chi connectivity index (χ3v) is 1.70. The number of amides is 1. The zero-order chi connectivity index (χ0) is 8.43. The average Bonchev–Trinajstić information content (AvgIpc) is 2.67. The normalized spacial score (nSPS) is 27.5. The lowest BCUT2D eigenvalue weighted by atomic mass is 10.4. The fourth-order valence-electron chi connectivity index (χ4n) is 0.808. The summed E-state index contributed by atoms with van der Waals surface area (Å²) < 4.78 is 5.04. The maximum atomic E-state index is 10.9. The van der Waals surface area contributed by atoms with E-state index in [0.717, 1.165) is 6.42 Å². The third-order valence-electron chi connectivity index (χ3n) is 1.70. The number of hydrogen-bond acceptors (Lipinski definition) is 2. The van der Waals surface area contributed by atoms with Crippen LogP contribution in [0.2, 0.25) is 0 Å². The van der Waals surface area contributed by atoms with Gasteiger partial charge in [-0.05, 0) is 6.42 Å². The van der Waals surface area contributed by atoms with Gasteiger partial charge in [0.1, 0.15) is 6.10 Å². The van der Waals surface area contributed by atoms with Crippen LogP contribution >= 0.6 is 0 Å². The van der Waals surface area contributed by atoms with Crippen molar-refractivity contribution in [2.45, 2.75) is 12.5 Å². The summed E-state index contributed by atoms with van der Waals surface area (Å²) in [7, 11) is 3.35. The van der Waals surface area contributed by atoms with Gasteiger partial charge in [0.15, 0.2) is 0 Å². The smallest absolute Gasteiger partial charge is 0.409 e. The number of nitrogens with zero attached hydrogens (tertiary/aromatic N) is 1. The van der Waals surface area contributed by atoms with Gasteiger partial charge in [-0.15, -0.1) is 6.58 Å². The number of hydrogen-bond donors (Lipinski definition) is 0. The number of rotatable bonds is 2. The van der Waals surface area contributed by atoms with Crippen molar-refractivity contribution in [2.24, 2.45) is 5.92 Å². The average molecular weight is 155 g/mol. The Morgan fingerprint density at radius 2 is 2.36 bits per heavy atom. The first kappa shape index (κ1) is 8.11. The molecule has 0 aromatic carbocycles. The van der Waals surface area contributed by atoms with Gasteiger partial charge in [0.05, 0.1) is 0 Å². The molecule has 0 aromatic rings. The van der Waals surface area contributed by atoms with E-state index >= 15 is 0 Å². The summed E-state index contributed by atoms with van der Waals surface area (Å²) >= 11 is 0. The Labute approximate surface area is 66.6 Å². The topological polar surface area (TPSA) is 29.5 Å². The van der Waals surface area contributed by atoms with Crippen LogP contribution in [0.1, 0.15) is 6.42 Å². The maximum absolute atomic E-state index is 10.9. The summed E-state index contributed by atoms with van der Waals surface area (Å²) in [6, 6.07) is 0. The molecule has 0 radical (unpaired) electrons. The Morgan fingerprint density at radius 3 is 2.73 bits per heavy atom. The van der Waals surface area contributed by atoms with E-state index in [9.17, 15) is 4.79 Å². The van der Waals surface area contributed by atoms with E-state index in [1.807, 2.05) is 6.08 Å². The molecule has 0 unspecified atom stereocenters. The monoisotopic (exact) mass is 155 g/mol. The van der Waals surface area contributed by atoms with E-state index in [1.165, 1.54) is 4.90 Å². The van der Waals surface area contributed by atoms with Crippen molar-refractivity contribution in [1.29, 1.82) is 0 Å². The number of ether oxygens (including phenoxy) is 1. The van der Waals surface area contributed by atoms with Crippen molar-refractivity contribution < 1.29 is 9.53 Å². The van der Waals surface area contributed by atoms with Crippen LogP contribution in [-0.2, 0) is 4.74 Å². The molecule has 0 saturated heterocycles.